The number of fused-ring (bicyclic) bond motifs is 1. The highest BCUT2D eigenvalue weighted by atomic mass is 16.5. The largest absolute Gasteiger partial charge is 0.474 e. The number of carbonyl (C=O) groups is 1. The predicted octanol–water partition coefficient (Wildman–Crippen LogP) is 1.84. The van der Waals surface area contributed by atoms with Crippen LogP contribution in [0.5, 0.6) is 5.88 Å². The van der Waals surface area contributed by atoms with E-state index in [9.17, 15) is 4.79 Å². The minimum Gasteiger partial charge on any atom is -0.474 e. The molecule has 9 heteroatoms. The number of nitrogens with zero attached hydrogens (tertiary/aromatic N) is 2. The molecule has 0 spiro atoms. The monoisotopic (exact) mass is 371 g/mol. The topological polar surface area (TPSA) is 121 Å². The van der Waals surface area contributed by atoms with E-state index in [4.69, 9.17) is 14.6 Å². The number of benzene rings is 1. The van der Waals surface area contributed by atoms with E-state index in [-0.39, 0.29) is 19.3 Å². The minimum atomic E-state index is -0.399. The molecule has 0 aliphatic heterocycles. The fourth-order valence-corrected chi connectivity index (χ4v) is 2.59. The first-order chi connectivity index (χ1) is 13.2. The normalized spacial score (nSPS) is 11.9. The Morgan fingerprint density at radius 2 is 2.15 bits per heavy atom. The van der Waals surface area contributed by atoms with Crippen LogP contribution < -0.4 is 15.4 Å². The quantitative estimate of drug-likeness (QED) is 0.479. The molecule has 2 aromatic heterocycles. The van der Waals surface area contributed by atoms with Crippen molar-refractivity contribution in [2.45, 2.75) is 6.04 Å². The Morgan fingerprint density at radius 1 is 1.33 bits per heavy atom. The number of aromatic amines is 1. The van der Waals surface area contributed by atoms with Gasteiger partial charge in [0, 0.05) is 19.4 Å². The van der Waals surface area contributed by atoms with Gasteiger partial charge in [-0.15, -0.1) is 5.10 Å². The van der Waals surface area contributed by atoms with Crippen LogP contribution in [0.3, 0.4) is 0 Å². The number of urea groups is 1. The van der Waals surface area contributed by atoms with Crippen LogP contribution in [0.1, 0.15) is 11.6 Å². The van der Waals surface area contributed by atoms with Gasteiger partial charge in [0.1, 0.15) is 12.4 Å². The lowest BCUT2D eigenvalue weighted by Gasteiger charge is -2.18. The Labute approximate surface area is 155 Å². The highest BCUT2D eigenvalue weighted by Gasteiger charge is 2.15. The van der Waals surface area contributed by atoms with E-state index >= 15 is 0 Å². The third-order valence-corrected chi connectivity index (χ3v) is 3.82. The van der Waals surface area contributed by atoms with Crippen LogP contribution in [0.4, 0.5) is 10.6 Å². The Kier molecular flexibility index (Phi) is 6.18. The zero-order valence-corrected chi connectivity index (χ0v) is 14.8. The highest BCUT2D eigenvalue weighted by Crippen LogP contribution is 2.23. The number of hydrogen-bond acceptors (Lipinski definition) is 6. The van der Waals surface area contributed by atoms with Crippen molar-refractivity contribution in [3.05, 3.63) is 48.2 Å². The van der Waals surface area contributed by atoms with Crippen molar-refractivity contribution in [2.24, 2.45) is 0 Å². The molecule has 0 bridgehead atoms. The molecule has 2 amide bonds. The molecule has 27 heavy (non-hydrogen) atoms. The summed E-state index contributed by atoms with van der Waals surface area (Å²) in [5, 5.41) is 21.9. The molecular weight excluding hydrogens is 350 g/mol. The summed E-state index contributed by atoms with van der Waals surface area (Å²) in [4.78, 5) is 16.6. The van der Waals surface area contributed by atoms with Crippen molar-refractivity contribution < 1.29 is 19.4 Å². The van der Waals surface area contributed by atoms with Gasteiger partial charge in [0.05, 0.1) is 30.2 Å². The Bertz CT molecular complexity index is 884. The summed E-state index contributed by atoms with van der Waals surface area (Å²) in [5.41, 5.74) is 1.60. The SMILES string of the molecule is COCC(NC(=O)Nc1cc2[nH]nc(OCCO)c2cn1)c1ccccc1. The van der Waals surface area contributed by atoms with Crippen molar-refractivity contribution in [2.75, 3.05) is 32.2 Å². The summed E-state index contributed by atoms with van der Waals surface area (Å²) in [5.74, 6) is 0.716. The maximum atomic E-state index is 12.4. The molecule has 1 aromatic carbocycles. The number of carbonyl (C=O) groups excluding carboxylic acids is 1. The van der Waals surface area contributed by atoms with Gasteiger partial charge in [-0.05, 0) is 5.56 Å². The van der Waals surface area contributed by atoms with Gasteiger partial charge in [0.2, 0.25) is 5.88 Å². The molecule has 0 saturated carbocycles. The molecule has 0 radical (unpaired) electrons. The first-order valence-corrected chi connectivity index (χ1v) is 8.40. The van der Waals surface area contributed by atoms with Crippen LogP contribution >= 0.6 is 0 Å². The second-order valence-electron chi connectivity index (χ2n) is 5.73. The number of aromatic nitrogens is 3. The number of aliphatic hydroxyl groups excluding tert-OH is 1. The highest BCUT2D eigenvalue weighted by molar-refractivity contribution is 5.92. The fourth-order valence-electron chi connectivity index (χ4n) is 2.59. The van der Waals surface area contributed by atoms with E-state index in [0.29, 0.717) is 29.2 Å². The molecule has 9 nitrogen and oxygen atoms in total. The van der Waals surface area contributed by atoms with E-state index in [1.165, 1.54) is 0 Å². The van der Waals surface area contributed by atoms with Crippen molar-refractivity contribution >= 4 is 22.8 Å². The summed E-state index contributed by atoms with van der Waals surface area (Å²) in [6.07, 6.45) is 1.55. The number of nitrogens with one attached hydrogen (secondary N) is 3. The maximum Gasteiger partial charge on any atom is 0.320 e. The molecule has 0 aliphatic rings. The van der Waals surface area contributed by atoms with Crippen molar-refractivity contribution in [3.63, 3.8) is 0 Å². The Hall–Kier alpha value is -3.17. The van der Waals surface area contributed by atoms with E-state index in [0.717, 1.165) is 5.56 Å². The van der Waals surface area contributed by atoms with Gasteiger partial charge in [-0.2, -0.15) is 0 Å². The van der Waals surface area contributed by atoms with E-state index < -0.39 is 6.03 Å². The van der Waals surface area contributed by atoms with Crippen LogP contribution in [-0.4, -0.2) is 53.2 Å². The number of anilines is 1. The standard InChI is InChI=1S/C18H21N5O4/c1-26-11-15(12-5-3-2-4-6-12)20-18(25)21-16-9-14-13(10-19-16)17(23-22-14)27-8-7-24/h2-6,9-10,15,24H,7-8,11H2,1H3,(H,22,23)(H2,19,20,21,25). The van der Waals surface area contributed by atoms with Crippen LogP contribution in [-0.2, 0) is 4.74 Å². The Balaban J connectivity index is 1.67. The molecule has 3 rings (SSSR count). The van der Waals surface area contributed by atoms with Crippen molar-refractivity contribution in [1.29, 1.82) is 0 Å². The lowest BCUT2D eigenvalue weighted by molar-refractivity contribution is 0.168. The third kappa shape index (κ3) is 4.72. The fraction of sp³-hybridized carbons (Fsp3) is 0.278. The summed E-state index contributed by atoms with van der Waals surface area (Å²) in [6, 6.07) is 10.5. The minimum absolute atomic E-state index is 0.106. The number of methoxy groups -OCH3 is 1. The molecule has 1 unspecified atom stereocenters. The zero-order chi connectivity index (χ0) is 19.1. The zero-order valence-electron chi connectivity index (χ0n) is 14.8. The van der Waals surface area contributed by atoms with E-state index in [1.807, 2.05) is 30.3 Å². The number of ether oxygens (including phenoxy) is 2. The van der Waals surface area contributed by atoms with Gasteiger partial charge in [-0.3, -0.25) is 10.4 Å². The molecule has 0 saturated heterocycles. The number of amides is 2. The second-order valence-corrected chi connectivity index (χ2v) is 5.73. The summed E-state index contributed by atoms with van der Waals surface area (Å²) in [6.45, 7) is 0.379. The van der Waals surface area contributed by atoms with Gasteiger partial charge >= 0.3 is 6.03 Å². The number of aliphatic hydroxyl groups is 1. The summed E-state index contributed by atoms with van der Waals surface area (Å²) >= 11 is 0. The molecule has 142 valence electrons. The van der Waals surface area contributed by atoms with Crippen LogP contribution in [0.25, 0.3) is 10.9 Å². The van der Waals surface area contributed by atoms with E-state index in [2.05, 4.69) is 25.8 Å². The van der Waals surface area contributed by atoms with Gasteiger partial charge in [-0.25, -0.2) is 9.78 Å². The maximum absolute atomic E-state index is 12.4. The third-order valence-electron chi connectivity index (χ3n) is 3.82. The van der Waals surface area contributed by atoms with Gasteiger partial charge in [-0.1, -0.05) is 30.3 Å². The van der Waals surface area contributed by atoms with Gasteiger partial charge in [0.15, 0.2) is 0 Å². The average Bonchev–Trinajstić information content (AvgIpc) is 3.09. The van der Waals surface area contributed by atoms with Gasteiger partial charge in [0.25, 0.3) is 0 Å². The smallest absolute Gasteiger partial charge is 0.320 e. The van der Waals surface area contributed by atoms with Crippen LogP contribution in [0.15, 0.2) is 42.6 Å². The molecule has 1 atom stereocenters. The Morgan fingerprint density at radius 3 is 2.89 bits per heavy atom. The number of pyridine rings is 1. The molecule has 4 N–H and O–H groups in total. The number of hydrogen-bond donors (Lipinski definition) is 4. The molecule has 0 aliphatic carbocycles. The number of rotatable bonds is 8. The molecule has 2 heterocycles. The molecule has 3 aromatic rings. The second kappa shape index (κ2) is 8.97. The summed E-state index contributed by atoms with van der Waals surface area (Å²) < 4.78 is 10.5. The average molecular weight is 371 g/mol. The van der Waals surface area contributed by atoms with Crippen LogP contribution in [0, 0.1) is 0 Å². The lowest BCUT2D eigenvalue weighted by Crippen LogP contribution is -2.35. The van der Waals surface area contributed by atoms with Gasteiger partial charge < -0.3 is 19.9 Å². The predicted molar refractivity (Wildman–Crippen MR) is 99.7 cm³/mol. The van der Waals surface area contributed by atoms with E-state index in [1.54, 1.807) is 19.4 Å². The lowest BCUT2D eigenvalue weighted by atomic mass is 10.1. The van der Waals surface area contributed by atoms with Crippen molar-refractivity contribution in [3.8, 4) is 5.88 Å². The first kappa shape index (κ1) is 18.6. The first-order valence-electron chi connectivity index (χ1n) is 8.40. The molecular formula is C18H21N5O4. The summed E-state index contributed by atoms with van der Waals surface area (Å²) in [7, 11) is 1.58. The molecule has 0 fully saturated rings. The van der Waals surface area contributed by atoms with Crippen LogP contribution in [0.2, 0.25) is 0 Å². The number of H-pyrrole nitrogens is 1. The van der Waals surface area contributed by atoms with Crippen molar-refractivity contribution in [1.82, 2.24) is 20.5 Å².